The molecule has 0 radical (unpaired) electrons. The number of hydrogen-bond donors (Lipinski definition) is 2. The number of carbonyl (C=O) groups excluding carboxylic acids is 2. The van der Waals surface area contributed by atoms with Crippen molar-refractivity contribution < 1.29 is 14.3 Å². The van der Waals surface area contributed by atoms with Gasteiger partial charge in [0.2, 0.25) is 5.91 Å². The molecule has 2 N–H and O–H groups in total. The van der Waals surface area contributed by atoms with Gasteiger partial charge < -0.3 is 20.3 Å². The van der Waals surface area contributed by atoms with Gasteiger partial charge in [-0.2, -0.15) is 0 Å². The average Bonchev–Trinajstić information content (AvgIpc) is 3.13. The molecule has 162 valence electrons. The zero-order chi connectivity index (χ0) is 22.4. The summed E-state index contributed by atoms with van der Waals surface area (Å²) in [6, 6.07) is 17.2. The van der Waals surface area contributed by atoms with Crippen LogP contribution in [-0.4, -0.2) is 44.5 Å². The fraction of sp³-hybridized carbons (Fsp3) is 0.250. The Kier molecular flexibility index (Phi) is 7.44. The summed E-state index contributed by atoms with van der Waals surface area (Å²) < 4.78 is 5.21. The van der Waals surface area contributed by atoms with E-state index in [9.17, 15) is 9.59 Å². The van der Waals surface area contributed by atoms with Gasteiger partial charge in [-0.1, -0.05) is 24.3 Å². The lowest BCUT2D eigenvalue weighted by Crippen LogP contribution is -2.27. The molecule has 7 heteroatoms. The lowest BCUT2D eigenvalue weighted by Gasteiger charge is -2.11. The van der Waals surface area contributed by atoms with Crippen LogP contribution in [0.3, 0.4) is 0 Å². The number of thiophene rings is 1. The van der Waals surface area contributed by atoms with Gasteiger partial charge in [0.1, 0.15) is 5.75 Å². The topological polar surface area (TPSA) is 70.7 Å². The van der Waals surface area contributed by atoms with Crippen molar-refractivity contribution in [3.63, 3.8) is 0 Å². The van der Waals surface area contributed by atoms with E-state index in [1.165, 1.54) is 11.3 Å². The molecule has 2 amide bonds. The second-order valence-electron chi connectivity index (χ2n) is 7.48. The summed E-state index contributed by atoms with van der Waals surface area (Å²) in [6.07, 6.45) is 0. The van der Waals surface area contributed by atoms with Gasteiger partial charge in [-0.3, -0.25) is 9.59 Å². The van der Waals surface area contributed by atoms with Crippen LogP contribution in [0.25, 0.3) is 11.1 Å². The van der Waals surface area contributed by atoms with E-state index in [1.54, 1.807) is 7.11 Å². The summed E-state index contributed by atoms with van der Waals surface area (Å²) in [5, 5.41) is 5.84. The van der Waals surface area contributed by atoms with E-state index in [1.807, 2.05) is 80.5 Å². The number of ether oxygens (including phenoxy) is 1. The molecule has 0 aliphatic carbocycles. The van der Waals surface area contributed by atoms with Gasteiger partial charge >= 0.3 is 0 Å². The van der Waals surface area contributed by atoms with E-state index in [0.29, 0.717) is 23.7 Å². The van der Waals surface area contributed by atoms with Gasteiger partial charge in [0.05, 0.1) is 18.5 Å². The minimum atomic E-state index is -0.116. The molecule has 2 aromatic carbocycles. The molecule has 3 rings (SSSR count). The first-order chi connectivity index (χ1) is 14.9. The van der Waals surface area contributed by atoms with Gasteiger partial charge in [0, 0.05) is 17.1 Å². The summed E-state index contributed by atoms with van der Waals surface area (Å²) in [6.45, 7) is 2.71. The highest BCUT2D eigenvalue weighted by Gasteiger charge is 2.14. The number of hydrogen-bond acceptors (Lipinski definition) is 5. The Labute approximate surface area is 186 Å². The van der Waals surface area contributed by atoms with Crippen LogP contribution in [0.1, 0.15) is 20.1 Å². The summed E-state index contributed by atoms with van der Waals surface area (Å²) in [4.78, 5) is 28.2. The molecule has 0 saturated heterocycles. The smallest absolute Gasteiger partial charge is 0.261 e. The van der Waals surface area contributed by atoms with Gasteiger partial charge in [-0.15, -0.1) is 11.3 Å². The van der Waals surface area contributed by atoms with Crippen LogP contribution in [0.5, 0.6) is 5.75 Å². The van der Waals surface area contributed by atoms with Crippen LogP contribution in [0.15, 0.2) is 54.6 Å². The third-order valence-electron chi connectivity index (χ3n) is 4.67. The molecule has 0 spiro atoms. The molecular weight excluding hydrogens is 410 g/mol. The lowest BCUT2D eigenvalue weighted by atomic mass is 10.1. The van der Waals surface area contributed by atoms with E-state index in [2.05, 4.69) is 10.6 Å². The van der Waals surface area contributed by atoms with Crippen LogP contribution in [0.2, 0.25) is 0 Å². The van der Waals surface area contributed by atoms with Crippen LogP contribution in [-0.2, 0) is 11.3 Å². The van der Waals surface area contributed by atoms with E-state index in [-0.39, 0.29) is 11.8 Å². The molecule has 1 heterocycles. The highest BCUT2D eigenvalue weighted by Crippen LogP contribution is 2.32. The Morgan fingerprint density at radius 1 is 1.06 bits per heavy atom. The number of aryl methyl sites for hydroxylation is 1. The molecule has 0 bridgehead atoms. The van der Waals surface area contributed by atoms with Crippen molar-refractivity contribution >= 4 is 28.8 Å². The number of likely N-dealkylation sites (N-methyl/N-ethyl adjacent to an activating group) is 1. The van der Waals surface area contributed by atoms with Crippen molar-refractivity contribution in [1.82, 2.24) is 10.2 Å². The summed E-state index contributed by atoms with van der Waals surface area (Å²) in [5.74, 6) is 0.607. The summed E-state index contributed by atoms with van der Waals surface area (Å²) in [5.41, 5.74) is 3.73. The molecule has 0 fully saturated rings. The number of benzene rings is 2. The highest BCUT2D eigenvalue weighted by atomic mass is 32.1. The Hall–Kier alpha value is -3.16. The number of nitrogens with zero attached hydrogens (tertiary/aromatic N) is 1. The largest absolute Gasteiger partial charge is 0.497 e. The first-order valence-electron chi connectivity index (χ1n) is 9.92. The molecule has 0 aliphatic heterocycles. The first-order valence-corrected chi connectivity index (χ1v) is 10.7. The van der Waals surface area contributed by atoms with Gasteiger partial charge in [-0.25, -0.2) is 0 Å². The van der Waals surface area contributed by atoms with Crippen LogP contribution < -0.4 is 15.4 Å². The SMILES string of the molecule is COc1ccc(-c2cc(C(=O)NCc3cccc(NC(=O)CN(C)C)c3)sc2C)cc1. The van der Waals surface area contributed by atoms with Crippen molar-refractivity contribution in [3.8, 4) is 16.9 Å². The van der Waals surface area contributed by atoms with Crippen LogP contribution >= 0.6 is 11.3 Å². The van der Waals surface area contributed by atoms with Crippen molar-refractivity contribution in [2.45, 2.75) is 13.5 Å². The van der Waals surface area contributed by atoms with Crippen molar-refractivity contribution in [3.05, 3.63) is 69.9 Å². The van der Waals surface area contributed by atoms with Gasteiger partial charge in [0.15, 0.2) is 0 Å². The molecule has 1 aromatic heterocycles. The zero-order valence-electron chi connectivity index (χ0n) is 18.2. The molecule has 0 atom stereocenters. The summed E-state index contributed by atoms with van der Waals surface area (Å²) >= 11 is 1.47. The number of methoxy groups -OCH3 is 1. The fourth-order valence-corrected chi connectivity index (χ4v) is 4.13. The molecule has 3 aromatic rings. The van der Waals surface area contributed by atoms with Crippen molar-refractivity contribution in [2.75, 3.05) is 33.1 Å². The molecule has 6 nitrogen and oxygen atoms in total. The number of nitrogens with one attached hydrogen (secondary N) is 2. The standard InChI is InChI=1S/C24H27N3O3S/c1-16-21(18-8-10-20(30-4)11-9-18)13-22(31-16)24(29)25-14-17-6-5-7-19(12-17)26-23(28)15-27(2)3/h5-13H,14-15H2,1-4H3,(H,25,29)(H,26,28). The van der Waals surface area contributed by atoms with E-state index in [0.717, 1.165) is 27.3 Å². The number of carbonyl (C=O) groups is 2. The Bertz CT molecular complexity index is 1060. The van der Waals surface area contributed by atoms with E-state index >= 15 is 0 Å². The second kappa shape index (κ2) is 10.2. The third-order valence-corrected chi connectivity index (χ3v) is 5.72. The quantitative estimate of drug-likeness (QED) is 0.555. The second-order valence-corrected chi connectivity index (χ2v) is 8.73. The average molecular weight is 438 g/mol. The Morgan fingerprint density at radius 3 is 2.48 bits per heavy atom. The number of amides is 2. The minimum Gasteiger partial charge on any atom is -0.497 e. The monoisotopic (exact) mass is 437 g/mol. The molecule has 31 heavy (non-hydrogen) atoms. The maximum atomic E-state index is 12.7. The maximum absolute atomic E-state index is 12.7. The van der Waals surface area contributed by atoms with Gasteiger partial charge in [0.25, 0.3) is 5.91 Å². The minimum absolute atomic E-state index is 0.0775. The van der Waals surface area contributed by atoms with Gasteiger partial charge in [-0.05, 0) is 68.0 Å². The third kappa shape index (κ3) is 6.16. The Morgan fingerprint density at radius 2 is 1.81 bits per heavy atom. The first kappa shape index (κ1) is 22.5. The number of anilines is 1. The van der Waals surface area contributed by atoms with Crippen LogP contribution in [0, 0.1) is 6.92 Å². The maximum Gasteiger partial charge on any atom is 0.261 e. The predicted octanol–water partition coefficient (Wildman–Crippen LogP) is 4.16. The predicted molar refractivity (Wildman–Crippen MR) is 126 cm³/mol. The molecule has 0 unspecified atom stereocenters. The molecule has 0 aliphatic rings. The van der Waals surface area contributed by atoms with E-state index < -0.39 is 0 Å². The fourth-order valence-electron chi connectivity index (χ4n) is 3.17. The zero-order valence-corrected chi connectivity index (χ0v) is 19.0. The molecule has 0 saturated carbocycles. The van der Waals surface area contributed by atoms with Crippen molar-refractivity contribution in [1.29, 1.82) is 0 Å². The lowest BCUT2D eigenvalue weighted by molar-refractivity contribution is -0.116. The summed E-state index contributed by atoms with van der Waals surface area (Å²) in [7, 11) is 5.33. The van der Waals surface area contributed by atoms with E-state index in [4.69, 9.17) is 4.74 Å². The normalized spacial score (nSPS) is 10.7. The number of rotatable bonds is 8. The Balaban J connectivity index is 1.63. The van der Waals surface area contributed by atoms with Crippen LogP contribution in [0.4, 0.5) is 5.69 Å². The van der Waals surface area contributed by atoms with Crippen molar-refractivity contribution in [2.24, 2.45) is 0 Å². The molecular formula is C24H27N3O3S. The highest BCUT2D eigenvalue weighted by molar-refractivity contribution is 7.14.